The van der Waals surface area contributed by atoms with Crippen LogP contribution in [0.2, 0.25) is 0 Å². The molecular weight excluding hydrogens is 289 g/mol. The van der Waals surface area contributed by atoms with E-state index in [1.54, 1.807) is 0 Å². The van der Waals surface area contributed by atoms with Crippen LogP contribution in [0.4, 0.5) is 0 Å². The second-order valence-electron chi connectivity index (χ2n) is 1.98. The van der Waals surface area contributed by atoms with Gasteiger partial charge in [0.05, 0.1) is 5.25 Å². The number of benzene rings is 1. The van der Waals surface area contributed by atoms with Crippen molar-refractivity contribution in [1.29, 1.82) is 0 Å². The van der Waals surface area contributed by atoms with E-state index in [9.17, 15) is 4.79 Å². The molecule has 0 saturated carbocycles. The molecule has 0 amide bonds. The summed E-state index contributed by atoms with van der Waals surface area (Å²) in [4.78, 5) is 11.3. The van der Waals surface area contributed by atoms with E-state index >= 15 is 0 Å². The third kappa shape index (κ3) is 2.77. The molecule has 4 heteroatoms. The Hall–Kier alpha value is 0.480. The summed E-state index contributed by atoms with van der Waals surface area (Å²) in [6.45, 7) is 0. The molecule has 0 bridgehead atoms. The Morgan fingerprint density at radius 2 is 1.91 bits per heavy atom. The molecular formula is C7H7IOP2. The first kappa shape index (κ1) is 9.57. The first-order valence-corrected chi connectivity index (χ1v) is 8.76. The molecule has 0 aliphatic carbocycles. The lowest BCUT2D eigenvalue weighted by Crippen LogP contribution is -1.88. The first-order valence-electron chi connectivity index (χ1n) is 3.02. The molecule has 0 aliphatic heterocycles. The van der Waals surface area contributed by atoms with E-state index in [0.717, 1.165) is 5.56 Å². The highest BCUT2D eigenvalue weighted by molar-refractivity contribution is 14.2. The lowest BCUT2D eigenvalue weighted by atomic mass is 10.2. The minimum absolute atomic E-state index is 0.228. The molecule has 0 N–H and O–H groups in total. The zero-order valence-electron chi connectivity index (χ0n) is 5.70. The maximum atomic E-state index is 11.3. The summed E-state index contributed by atoms with van der Waals surface area (Å²) >= 11 is 2.15. The number of hydrogen-bond donors (Lipinski definition) is 0. The fraction of sp³-hybridized carbons (Fsp3) is 0. The fourth-order valence-corrected chi connectivity index (χ4v) is 2.38. The maximum absolute atomic E-state index is 11.3. The summed E-state index contributed by atoms with van der Waals surface area (Å²) in [7, 11) is 2.55. The van der Waals surface area contributed by atoms with Crippen LogP contribution >= 0.6 is 36.2 Å². The molecule has 0 spiro atoms. The van der Waals surface area contributed by atoms with E-state index in [-0.39, 0.29) is 5.52 Å². The molecule has 0 radical (unpaired) electrons. The highest BCUT2D eigenvalue weighted by Gasteiger charge is 2.09. The topological polar surface area (TPSA) is 17.1 Å². The Morgan fingerprint density at radius 3 is 2.36 bits per heavy atom. The summed E-state index contributed by atoms with van der Waals surface area (Å²) in [6, 6.07) is 9.37. The zero-order valence-corrected chi connectivity index (χ0v) is 9.90. The monoisotopic (exact) mass is 296 g/mol. The Morgan fingerprint density at radius 1 is 1.36 bits per heavy atom. The van der Waals surface area contributed by atoms with Gasteiger partial charge in [0.1, 0.15) is 0 Å². The molecule has 0 fully saturated rings. The predicted molar refractivity (Wildman–Crippen MR) is 61.4 cm³/mol. The van der Waals surface area contributed by atoms with Gasteiger partial charge in [0.25, 0.3) is 0 Å². The molecule has 2 atom stereocenters. The van der Waals surface area contributed by atoms with Crippen LogP contribution in [0.1, 0.15) is 10.4 Å². The summed E-state index contributed by atoms with van der Waals surface area (Å²) in [6.07, 6.45) is 0. The van der Waals surface area contributed by atoms with E-state index in [1.165, 1.54) is 0 Å². The van der Waals surface area contributed by atoms with Crippen LogP contribution in [0.15, 0.2) is 30.3 Å². The van der Waals surface area contributed by atoms with Crippen molar-refractivity contribution in [2.24, 2.45) is 0 Å². The van der Waals surface area contributed by atoms with E-state index < -0.39 is 5.25 Å². The van der Waals surface area contributed by atoms with Crippen molar-refractivity contribution >= 4 is 41.7 Å². The van der Waals surface area contributed by atoms with Gasteiger partial charge in [-0.3, -0.25) is 4.79 Å². The Bertz CT molecular complexity index is 248. The quantitative estimate of drug-likeness (QED) is 0.603. The van der Waals surface area contributed by atoms with E-state index in [1.807, 2.05) is 30.3 Å². The smallest absolute Gasteiger partial charge is 0.198 e. The summed E-state index contributed by atoms with van der Waals surface area (Å²) in [5, 5.41) is -0.590. The lowest BCUT2D eigenvalue weighted by molar-refractivity contribution is 0.108. The zero-order chi connectivity index (χ0) is 8.27. The Balaban J connectivity index is 2.86. The van der Waals surface area contributed by atoms with Crippen molar-refractivity contribution in [3.63, 3.8) is 0 Å². The lowest BCUT2D eigenvalue weighted by Gasteiger charge is -2.00. The van der Waals surface area contributed by atoms with Crippen LogP contribution in [0.25, 0.3) is 0 Å². The van der Waals surface area contributed by atoms with Gasteiger partial charge in [-0.15, -0.1) is 0 Å². The minimum atomic E-state index is -0.590. The van der Waals surface area contributed by atoms with Gasteiger partial charge in [0.15, 0.2) is 5.52 Å². The third-order valence-electron chi connectivity index (χ3n) is 1.21. The molecule has 1 aromatic carbocycles. The SMILES string of the molecule is O=C(c1ccccc1)P(P)I. The van der Waals surface area contributed by atoms with Gasteiger partial charge >= 0.3 is 0 Å². The number of rotatable bonds is 2. The van der Waals surface area contributed by atoms with Crippen molar-refractivity contribution in [3.05, 3.63) is 35.9 Å². The number of carbonyl (C=O) groups excluding carboxylic acids is 1. The molecule has 2 unspecified atom stereocenters. The van der Waals surface area contributed by atoms with Gasteiger partial charge in [0, 0.05) is 5.56 Å². The Labute approximate surface area is 82.3 Å². The van der Waals surface area contributed by atoms with E-state index in [4.69, 9.17) is 0 Å². The molecule has 0 heterocycles. The predicted octanol–water partition coefficient (Wildman–Crippen LogP) is 3.45. The molecule has 1 rings (SSSR count). The summed E-state index contributed by atoms with van der Waals surface area (Å²) in [5.41, 5.74) is 1.04. The van der Waals surface area contributed by atoms with Gasteiger partial charge in [-0.05, 0) is 22.0 Å². The van der Waals surface area contributed by atoms with Crippen molar-refractivity contribution in [2.45, 2.75) is 0 Å². The number of hydrogen-bond acceptors (Lipinski definition) is 1. The van der Waals surface area contributed by atoms with Crippen LogP contribution < -0.4 is 0 Å². The van der Waals surface area contributed by atoms with E-state index in [2.05, 4.69) is 31.0 Å². The van der Waals surface area contributed by atoms with Gasteiger partial charge in [-0.25, -0.2) is 0 Å². The van der Waals surface area contributed by atoms with Gasteiger partial charge in [-0.1, -0.05) is 39.3 Å². The summed E-state index contributed by atoms with van der Waals surface area (Å²) < 4.78 is 0. The second kappa shape index (κ2) is 4.49. The molecule has 1 aromatic rings. The van der Waals surface area contributed by atoms with Gasteiger partial charge in [-0.2, -0.15) is 0 Å². The average Bonchev–Trinajstić information content (AvgIpc) is 2.05. The van der Waals surface area contributed by atoms with Crippen molar-refractivity contribution < 1.29 is 4.79 Å². The highest BCUT2D eigenvalue weighted by Crippen LogP contribution is 2.55. The third-order valence-corrected chi connectivity index (χ3v) is 3.88. The first-order chi connectivity index (χ1) is 5.22. The number of carbonyl (C=O) groups is 1. The van der Waals surface area contributed by atoms with E-state index in [0.29, 0.717) is 0 Å². The average molecular weight is 296 g/mol. The second-order valence-corrected chi connectivity index (χ2v) is 10.8. The minimum Gasteiger partial charge on any atom is -0.288 e. The van der Waals surface area contributed by atoms with Crippen LogP contribution in [0.3, 0.4) is 0 Å². The van der Waals surface area contributed by atoms with Crippen LogP contribution in [-0.2, 0) is 0 Å². The maximum Gasteiger partial charge on any atom is 0.198 e. The van der Waals surface area contributed by atoms with Crippen LogP contribution in [0, 0.1) is 0 Å². The van der Waals surface area contributed by atoms with Crippen molar-refractivity contribution in [3.8, 4) is 0 Å². The summed E-state index contributed by atoms with van der Waals surface area (Å²) in [5.74, 6) is 0. The highest BCUT2D eigenvalue weighted by atomic mass is 127. The van der Waals surface area contributed by atoms with Crippen LogP contribution in [0.5, 0.6) is 0 Å². The molecule has 1 nitrogen and oxygen atoms in total. The normalized spacial score (nSPS) is 12.5. The molecule has 0 aromatic heterocycles. The van der Waals surface area contributed by atoms with Crippen molar-refractivity contribution in [1.82, 2.24) is 0 Å². The molecule has 58 valence electrons. The van der Waals surface area contributed by atoms with Gasteiger partial charge in [0.2, 0.25) is 0 Å². The number of halogens is 1. The largest absolute Gasteiger partial charge is 0.288 e. The molecule has 0 saturated heterocycles. The fourth-order valence-electron chi connectivity index (χ4n) is 0.704. The van der Waals surface area contributed by atoms with Crippen LogP contribution in [-0.4, -0.2) is 5.52 Å². The van der Waals surface area contributed by atoms with Gasteiger partial charge < -0.3 is 0 Å². The molecule has 0 aliphatic rings. The molecule has 11 heavy (non-hydrogen) atoms. The standard InChI is InChI=1S/C7H7IOP2/c8-11(10)7(9)6-4-2-1-3-5-6/h1-5H,10H2. The Kier molecular flexibility index (Phi) is 3.91. The van der Waals surface area contributed by atoms with Crippen molar-refractivity contribution in [2.75, 3.05) is 0 Å².